The first-order chi connectivity index (χ1) is 5.55. The van der Waals surface area contributed by atoms with Gasteiger partial charge in [-0.2, -0.15) is 13.2 Å². The third kappa shape index (κ3) is 2.10. The van der Waals surface area contributed by atoms with E-state index in [1.807, 2.05) is 0 Å². The fourth-order valence-electron chi connectivity index (χ4n) is 0.780. The van der Waals surface area contributed by atoms with E-state index in [1.54, 1.807) is 6.07 Å². The molecule has 0 saturated carbocycles. The highest BCUT2D eigenvalue weighted by Gasteiger charge is 2.32. The minimum absolute atomic E-state index is 0.133. The predicted octanol–water partition coefficient (Wildman–Crippen LogP) is 3.64. The minimum atomic E-state index is -4.29. The van der Waals surface area contributed by atoms with E-state index in [0.717, 1.165) is 16.9 Å². The Balaban J connectivity index is 3.14. The molecule has 1 aromatic carbocycles. The third-order valence-corrected chi connectivity index (χ3v) is 2.43. The zero-order chi connectivity index (χ0) is 9.19. The van der Waals surface area contributed by atoms with Gasteiger partial charge < -0.3 is 0 Å². The van der Waals surface area contributed by atoms with Gasteiger partial charge in [-0.05, 0) is 12.1 Å². The lowest BCUT2D eigenvalue weighted by Crippen LogP contribution is -2.05. The standard InChI is InChI=1S/C7H5F3S2/c8-7(9,10)5-3-1-2-4-6(5)12-11/h1-4,11H. The van der Waals surface area contributed by atoms with E-state index in [1.165, 1.54) is 12.1 Å². The highest BCUT2D eigenvalue weighted by Crippen LogP contribution is 2.37. The second kappa shape index (κ2) is 3.62. The van der Waals surface area contributed by atoms with Crippen molar-refractivity contribution in [2.75, 3.05) is 0 Å². The van der Waals surface area contributed by atoms with E-state index in [2.05, 4.69) is 11.7 Å². The van der Waals surface area contributed by atoms with Crippen LogP contribution < -0.4 is 0 Å². The molecule has 12 heavy (non-hydrogen) atoms. The predicted molar refractivity (Wildman–Crippen MR) is 46.3 cm³/mol. The van der Waals surface area contributed by atoms with Crippen molar-refractivity contribution < 1.29 is 13.2 Å². The quantitative estimate of drug-likeness (QED) is 0.545. The molecule has 0 aliphatic heterocycles. The largest absolute Gasteiger partial charge is 0.417 e. The molecule has 0 unspecified atom stereocenters. The van der Waals surface area contributed by atoms with E-state index in [0.29, 0.717) is 0 Å². The molecule has 66 valence electrons. The molecule has 0 heterocycles. The second-order valence-corrected chi connectivity index (χ2v) is 3.26. The molecule has 0 atom stereocenters. The number of hydrogen-bond donors (Lipinski definition) is 1. The summed E-state index contributed by atoms with van der Waals surface area (Å²) in [5.74, 6) is 0. The SMILES string of the molecule is FC(F)(F)c1ccccc1SS. The Morgan fingerprint density at radius 1 is 1.17 bits per heavy atom. The molecule has 0 spiro atoms. The Hall–Kier alpha value is -0.290. The summed E-state index contributed by atoms with van der Waals surface area (Å²) in [5, 5.41) is 0. The van der Waals surface area contributed by atoms with E-state index in [9.17, 15) is 13.2 Å². The van der Waals surface area contributed by atoms with Gasteiger partial charge in [-0.1, -0.05) is 22.9 Å². The number of alkyl halides is 3. The number of halogens is 3. The van der Waals surface area contributed by atoms with Crippen LogP contribution in [0.2, 0.25) is 0 Å². The summed E-state index contributed by atoms with van der Waals surface area (Å²) in [6.07, 6.45) is -4.29. The van der Waals surface area contributed by atoms with Crippen molar-refractivity contribution in [3.63, 3.8) is 0 Å². The molecule has 0 amide bonds. The molecule has 1 rings (SSSR count). The van der Waals surface area contributed by atoms with E-state index in [4.69, 9.17) is 0 Å². The highest BCUT2D eigenvalue weighted by atomic mass is 33.1. The molecular weight excluding hydrogens is 205 g/mol. The fraction of sp³-hybridized carbons (Fsp3) is 0.143. The lowest BCUT2D eigenvalue weighted by molar-refractivity contribution is -0.139. The first-order valence-electron chi connectivity index (χ1n) is 3.03. The average Bonchev–Trinajstić information content (AvgIpc) is 2.03. The van der Waals surface area contributed by atoms with Gasteiger partial charge in [-0.25, -0.2) is 0 Å². The molecule has 1 aromatic rings. The summed E-state index contributed by atoms with van der Waals surface area (Å²) in [6.45, 7) is 0. The maximum Gasteiger partial charge on any atom is 0.417 e. The summed E-state index contributed by atoms with van der Waals surface area (Å²) in [6, 6.07) is 5.34. The van der Waals surface area contributed by atoms with Crippen molar-refractivity contribution in [2.24, 2.45) is 0 Å². The summed E-state index contributed by atoms with van der Waals surface area (Å²) in [4.78, 5) is 0.133. The topological polar surface area (TPSA) is 0 Å². The number of benzene rings is 1. The molecule has 0 bridgehead atoms. The Bertz CT molecular complexity index is 270. The van der Waals surface area contributed by atoms with Gasteiger partial charge in [0.15, 0.2) is 0 Å². The van der Waals surface area contributed by atoms with E-state index >= 15 is 0 Å². The third-order valence-electron chi connectivity index (χ3n) is 1.29. The van der Waals surface area contributed by atoms with E-state index in [-0.39, 0.29) is 4.90 Å². The Morgan fingerprint density at radius 3 is 2.17 bits per heavy atom. The molecule has 0 saturated heterocycles. The molecule has 0 N–H and O–H groups in total. The van der Waals surface area contributed by atoms with Crippen LogP contribution in [0.5, 0.6) is 0 Å². The first kappa shape index (κ1) is 9.80. The van der Waals surface area contributed by atoms with Crippen molar-refractivity contribution in [3.05, 3.63) is 29.8 Å². The van der Waals surface area contributed by atoms with Crippen molar-refractivity contribution in [3.8, 4) is 0 Å². The molecule has 0 fully saturated rings. The highest BCUT2D eigenvalue weighted by molar-refractivity contribution is 8.68. The Morgan fingerprint density at radius 2 is 1.75 bits per heavy atom. The molecule has 0 aliphatic carbocycles. The van der Waals surface area contributed by atoms with Gasteiger partial charge in [0, 0.05) is 4.90 Å². The van der Waals surface area contributed by atoms with Crippen LogP contribution in [0.3, 0.4) is 0 Å². The average molecular weight is 210 g/mol. The zero-order valence-corrected chi connectivity index (χ0v) is 7.51. The first-order valence-corrected chi connectivity index (χ1v) is 4.90. The fourth-order valence-corrected chi connectivity index (χ4v) is 1.68. The molecular formula is C7H5F3S2. The molecule has 0 aliphatic rings. The number of thiol groups is 1. The normalized spacial score (nSPS) is 11.7. The summed E-state index contributed by atoms with van der Waals surface area (Å²) in [7, 11) is 0.797. The van der Waals surface area contributed by atoms with Gasteiger partial charge in [0.05, 0.1) is 5.56 Å². The lowest BCUT2D eigenvalue weighted by atomic mass is 10.2. The van der Waals surface area contributed by atoms with Crippen LogP contribution in [0.15, 0.2) is 29.2 Å². The molecule has 0 radical (unpaired) electrons. The van der Waals surface area contributed by atoms with Crippen molar-refractivity contribution >= 4 is 22.5 Å². The summed E-state index contributed by atoms with van der Waals surface area (Å²) >= 11 is 3.73. The summed E-state index contributed by atoms with van der Waals surface area (Å²) in [5.41, 5.74) is -0.634. The van der Waals surface area contributed by atoms with Crippen molar-refractivity contribution in [1.82, 2.24) is 0 Å². The molecule has 5 heteroatoms. The zero-order valence-electron chi connectivity index (χ0n) is 5.80. The van der Waals surface area contributed by atoms with Crippen molar-refractivity contribution in [2.45, 2.75) is 11.1 Å². The van der Waals surface area contributed by atoms with Gasteiger partial charge in [-0.3, -0.25) is 0 Å². The maximum absolute atomic E-state index is 12.2. The smallest absolute Gasteiger partial charge is 0.166 e. The van der Waals surface area contributed by atoms with Gasteiger partial charge in [0.1, 0.15) is 0 Å². The monoisotopic (exact) mass is 210 g/mol. The van der Waals surface area contributed by atoms with Crippen LogP contribution in [-0.2, 0) is 6.18 Å². The van der Waals surface area contributed by atoms with Crippen LogP contribution in [0, 0.1) is 0 Å². The van der Waals surface area contributed by atoms with Crippen LogP contribution in [-0.4, -0.2) is 0 Å². The molecule has 0 aromatic heterocycles. The lowest BCUT2D eigenvalue weighted by Gasteiger charge is -2.09. The van der Waals surface area contributed by atoms with Gasteiger partial charge in [0.2, 0.25) is 0 Å². The second-order valence-electron chi connectivity index (χ2n) is 2.09. The van der Waals surface area contributed by atoms with Crippen LogP contribution in [0.1, 0.15) is 5.56 Å². The van der Waals surface area contributed by atoms with Crippen LogP contribution in [0.25, 0.3) is 0 Å². The number of hydrogen-bond acceptors (Lipinski definition) is 2. The Kier molecular flexibility index (Phi) is 2.95. The van der Waals surface area contributed by atoms with E-state index < -0.39 is 11.7 Å². The molecule has 0 nitrogen and oxygen atoms in total. The maximum atomic E-state index is 12.2. The van der Waals surface area contributed by atoms with Gasteiger partial charge in [-0.15, -0.1) is 11.7 Å². The van der Waals surface area contributed by atoms with Crippen LogP contribution >= 0.6 is 22.5 Å². The van der Waals surface area contributed by atoms with Gasteiger partial charge in [0.25, 0.3) is 0 Å². The van der Waals surface area contributed by atoms with Crippen molar-refractivity contribution in [1.29, 1.82) is 0 Å². The summed E-state index contributed by atoms with van der Waals surface area (Å²) < 4.78 is 36.6. The van der Waals surface area contributed by atoms with Crippen LogP contribution in [0.4, 0.5) is 13.2 Å². The minimum Gasteiger partial charge on any atom is -0.166 e. The van der Waals surface area contributed by atoms with Gasteiger partial charge >= 0.3 is 6.18 Å². The number of rotatable bonds is 1. The Labute approximate surface area is 77.0 Å².